The highest BCUT2D eigenvalue weighted by Gasteiger charge is 2.24. The first-order chi connectivity index (χ1) is 11.8. The van der Waals surface area contributed by atoms with E-state index in [1.165, 1.54) is 19.2 Å². The van der Waals surface area contributed by atoms with Crippen LogP contribution in [0.4, 0.5) is 20.2 Å². The Morgan fingerprint density at radius 2 is 2.20 bits per heavy atom. The molecule has 0 aliphatic rings. The number of aromatic amines is 1. The summed E-state index contributed by atoms with van der Waals surface area (Å²) in [7, 11) is 1.22. The van der Waals surface area contributed by atoms with Crippen molar-refractivity contribution in [3.63, 3.8) is 0 Å². The number of hydroxylamine groups is 2. The van der Waals surface area contributed by atoms with Crippen LogP contribution in [0.15, 0.2) is 23.0 Å². The lowest BCUT2D eigenvalue weighted by atomic mass is 10.2. The van der Waals surface area contributed by atoms with E-state index in [1.54, 1.807) is 6.07 Å². The average Bonchev–Trinajstić information content (AvgIpc) is 2.58. The molecule has 1 aromatic carbocycles. The van der Waals surface area contributed by atoms with Crippen LogP contribution in [0.2, 0.25) is 0 Å². The third-order valence-corrected chi connectivity index (χ3v) is 3.65. The average molecular weight is 466 g/mol. The van der Waals surface area contributed by atoms with Crippen LogP contribution in [0.3, 0.4) is 0 Å². The van der Waals surface area contributed by atoms with Crippen LogP contribution in [-0.4, -0.2) is 46.5 Å². The Hall–Kier alpha value is -2.12. The van der Waals surface area contributed by atoms with Crippen molar-refractivity contribution in [1.29, 1.82) is 0 Å². The van der Waals surface area contributed by atoms with Crippen molar-refractivity contribution in [2.75, 3.05) is 25.6 Å². The number of anilines is 2. The van der Waals surface area contributed by atoms with Crippen molar-refractivity contribution in [3.05, 3.63) is 49.5 Å². The van der Waals surface area contributed by atoms with Crippen LogP contribution in [0.1, 0.15) is 10.5 Å². The summed E-state index contributed by atoms with van der Waals surface area (Å²) in [6.07, 6.45) is 0. The molecule has 0 aliphatic heterocycles. The highest BCUT2D eigenvalue weighted by atomic mass is 127. The maximum absolute atomic E-state index is 14.2. The number of carbonyl (C=O) groups is 1. The lowest BCUT2D eigenvalue weighted by molar-refractivity contribution is -0.114. The zero-order valence-electron chi connectivity index (χ0n) is 12.8. The number of H-pyrrole nitrogens is 1. The van der Waals surface area contributed by atoms with Gasteiger partial charge in [-0.25, -0.2) is 14.6 Å². The number of aromatic nitrogens is 2. The standard InChI is InChI=1S/C14H13F2IN4O4/c1-21(25-5-4-22)14(24)12-11(10(16)13(23)20-19-12)18-9-3-2-7(17)6-8(9)15/h2-3,6,22H,4-5H2,1H3,(H2,18,20,23). The van der Waals surface area contributed by atoms with Crippen LogP contribution in [0.25, 0.3) is 0 Å². The fourth-order valence-electron chi connectivity index (χ4n) is 1.81. The largest absolute Gasteiger partial charge is 0.394 e. The molecule has 2 rings (SSSR count). The van der Waals surface area contributed by atoms with E-state index >= 15 is 0 Å². The number of hydrogen-bond acceptors (Lipinski definition) is 6. The second-order valence-corrected chi connectivity index (χ2v) is 5.94. The van der Waals surface area contributed by atoms with Crippen LogP contribution in [-0.2, 0) is 4.84 Å². The van der Waals surface area contributed by atoms with Gasteiger partial charge in [0.05, 0.1) is 18.9 Å². The molecule has 25 heavy (non-hydrogen) atoms. The molecule has 1 heterocycles. The minimum Gasteiger partial charge on any atom is -0.394 e. The number of carbonyl (C=O) groups excluding carboxylic acids is 1. The number of aliphatic hydroxyl groups excluding tert-OH is 1. The van der Waals surface area contributed by atoms with E-state index in [9.17, 15) is 18.4 Å². The summed E-state index contributed by atoms with van der Waals surface area (Å²) in [5, 5.41) is 17.2. The first kappa shape index (κ1) is 19.2. The number of hydrogen-bond donors (Lipinski definition) is 3. The predicted octanol–water partition coefficient (Wildman–Crippen LogP) is 1.39. The van der Waals surface area contributed by atoms with Gasteiger partial charge in [0.1, 0.15) is 11.5 Å². The minimum atomic E-state index is -1.33. The summed E-state index contributed by atoms with van der Waals surface area (Å²) >= 11 is 1.90. The summed E-state index contributed by atoms with van der Waals surface area (Å²) in [4.78, 5) is 28.7. The molecule has 1 amide bonds. The normalized spacial score (nSPS) is 10.6. The van der Waals surface area contributed by atoms with Crippen molar-refractivity contribution in [2.45, 2.75) is 0 Å². The molecule has 0 unspecified atom stereocenters. The van der Waals surface area contributed by atoms with E-state index < -0.39 is 34.5 Å². The molecule has 0 spiro atoms. The van der Waals surface area contributed by atoms with Crippen LogP contribution in [0.5, 0.6) is 0 Å². The second kappa shape index (κ2) is 8.31. The van der Waals surface area contributed by atoms with Crippen molar-refractivity contribution < 1.29 is 23.5 Å². The number of halogens is 3. The second-order valence-electron chi connectivity index (χ2n) is 4.70. The maximum atomic E-state index is 14.2. The van der Waals surface area contributed by atoms with Crippen molar-refractivity contribution in [2.24, 2.45) is 0 Å². The van der Waals surface area contributed by atoms with E-state index in [0.29, 0.717) is 8.63 Å². The van der Waals surface area contributed by atoms with E-state index in [2.05, 4.69) is 10.4 Å². The number of nitrogens with one attached hydrogen (secondary N) is 2. The molecule has 0 fully saturated rings. The summed E-state index contributed by atoms with van der Waals surface area (Å²) < 4.78 is 28.8. The molecule has 2 aromatic rings. The summed E-state index contributed by atoms with van der Waals surface area (Å²) in [6, 6.07) is 4.08. The van der Waals surface area contributed by atoms with Gasteiger partial charge in [-0.1, -0.05) is 0 Å². The molecular weight excluding hydrogens is 453 g/mol. The van der Waals surface area contributed by atoms with Crippen LogP contribution < -0.4 is 10.9 Å². The molecule has 134 valence electrons. The SMILES string of the molecule is CN(OCCO)C(=O)c1n[nH]c(=O)c(F)c1Nc1ccc(I)cc1F. The molecule has 0 saturated heterocycles. The molecule has 0 aliphatic carbocycles. The number of rotatable bonds is 6. The third kappa shape index (κ3) is 4.49. The molecule has 11 heteroatoms. The monoisotopic (exact) mass is 466 g/mol. The minimum absolute atomic E-state index is 0.139. The maximum Gasteiger partial charge on any atom is 0.302 e. The van der Waals surface area contributed by atoms with Gasteiger partial charge in [0.2, 0.25) is 5.82 Å². The Bertz CT molecular complexity index is 846. The summed E-state index contributed by atoms with van der Waals surface area (Å²) in [5.74, 6) is -2.93. The molecule has 0 atom stereocenters. The van der Waals surface area contributed by atoms with Gasteiger partial charge >= 0.3 is 5.56 Å². The number of amides is 1. The Morgan fingerprint density at radius 1 is 1.48 bits per heavy atom. The summed E-state index contributed by atoms with van der Waals surface area (Å²) in [6.45, 7) is -0.521. The van der Waals surface area contributed by atoms with E-state index in [0.717, 1.165) is 0 Å². The summed E-state index contributed by atoms with van der Waals surface area (Å²) in [5.41, 5.74) is -2.42. The first-order valence-corrected chi connectivity index (χ1v) is 7.95. The lowest BCUT2D eigenvalue weighted by Crippen LogP contribution is -2.31. The topological polar surface area (TPSA) is 108 Å². The zero-order chi connectivity index (χ0) is 18.6. The molecule has 8 nitrogen and oxygen atoms in total. The molecule has 3 N–H and O–H groups in total. The Balaban J connectivity index is 2.43. The van der Waals surface area contributed by atoms with E-state index in [4.69, 9.17) is 9.94 Å². The van der Waals surface area contributed by atoms with Crippen molar-refractivity contribution in [3.8, 4) is 0 Å². The van der Waals surface area contributed by atoms with Crippen molar-refractivity contribution >= 4 is 39.9 Å². The predicted molar refractivity (Wildman–Crippen MR) is 92.3 cm³/mol. The number of benzene rings is 1. The van der Waals surface area contributed by atoms with E-state index in [1.807, 2.05) is 27.7 Å². The Morgan fingerprint density at radius 3 is 2.84 bits per heavy atom. The van der Waals surface area contributed by atoms with E-state index in [-0.39, 0.29) is 18.9 Å². The molecule has 1 aromatic heterocycles. The van der Waals surface area contributed by atoms with Crippen molar-refractivity contribution in [1.82, 2.24) is 15.3 Å². The van der Waals surface area contributed by atoms with Gasteiger partial charge in [0.25, 0.3) is 5.91 Å². The fraction of sp³-hybridized carbons (Fsp3) is 0.214. The smallest absolute Gasteiger partial charge is 0.302 e. The lowest BCUT2D eigenvalue weighted by Gasteiger charge is -2.18. The number of nitrogens with zero attached hydrogens (tertiary/aromatic N) is 2. The van der Waals surface area contributed by atoms with Gasteiger partial charge in [0, 0.05) is 10.6 Å². The molecule has 0 saturated carbocycles. The molecular formula is C14H13F2IN4O4. The van der Waals surface area contributed by atoms with Crippen LogP contribution in [0, 0.1) is 15.2 Å². The van der Waals surface area contributed by atoms with Gasteiger partial charge in [-0.15, -0.1) is 0 Å². The van der Waals surface area contributed by atoms with Gasteiger partial charge < -0.3 is 10.4 Å². The first-order valence-electron chi connectivity index (χ1n) is 6.87. The highest BCUT2D eigenvalue weighted by molar-refractivity contribution is 14.1. The van der Waals surface area contributed by atoms with Gasteiger partial charge in [-0.2, -0.15) is 9.49 Å². The Kier molecular flexibility index (Phi) is 6.39. The quantitative estimate of drug-likeness (QED) is 0.439. The fourth-order valence-corrected chi connectivity index (χ4v) is 2.26. The van der Waals surface area contributed by atoms with Gasteiger partial charge in [-0.3, -0.25) is 14.4 Å². The third-order valence-electron chi connectivity index (χ3n) is 2.98. The molecule has 0 radical (unpaired) electrons. The van der Waals surface area contributed by atoms with Crippen LogP contribution >= 0.6 is 22.6 Å². The van der Waals surface area contributed by atoms with Gasteiger partial charge in [-0.05, 0) is 40.8 Å². The molecule has 0 bridgehead atoms. The highest BCUT2D eigenvalue weighted by Crippen LogP contribution is 2.25. The number of aliphatic hydroxyl groups is 1. The Labute approximate surface area is 153 Å². The van der Waals surface area contributed by atoms with Gasteiger partial charge in [0.15, 0.2) is 5.69 Å². The zero-order valence-corrected chi connectivity index (χ0v) is 15.0.